The van der Waals surface area contributed by atoms with Gasteiger partial charge >= 0.3 is 0 Å². The molecule has 0 radical (unpaired) electrons. The Bertz CT molecular complexity index is 621. The minimum Gasteiger partial charge on any atom is -0.357 e. The molecule has 5 nitrogen and oxygen atoms in total. The van der Waals surface area contributed by atoms with E-state index < -0.39 is 0 Å². The second-order valence-electron chi connectivity index (χ2n) is 7.82. The molecule has 3 rings (SSSR count). The van der Waals surface area contributed by atoms with Crippen LogP contribution < -0.4 is 5.32 Å². The molecular formula is C22H35IN4O. The molecule has 0 spiro atoms. The van der Waals surface area contributed by atoms with Crippen LogP contribution in [0, 0.1) is 5.92 Å². The summed E-state index contributed by atoms with van der Waals surface area (Å²) in [5.41, 5.74) is 1.50. The number of carbonyl (C=O) groups is 1. The van der Waals surface area contributed by atoms with Crippen LogP contribution in [-0.4, -0.2) is 60.9 Å². The van der Waals surface area contributed by atoms with Crippen molar-refractivity contribution in [3.05, 3.63) is 35.9 Å². The molecule has 0 unspecified atom stereocenters. The molecule has 0 atom stereocenters. The van der Waals surface area contributed by atoms with Crippen molar-refractivity contribution in [3.63, 3.8) is 0 Å². The Balaban J connectivity index is 0.00000280. The van der Waals surface area contributed by atoms with Crippen LogP contribution in [0.3, 0.4) is 0 Å². The first-order chi connectivity index (χ1) is 13.2. The molecule has 2 fully saturated rings. The monoisotopic (exact) mass is 498 g/mol. The van der Waals surface area contributed by atoms with E-state index in [0.29, 0.717) is 5.92 Å². The van der Waals surface area contributed by atoms with Crippen molar-refractivity contribution < 1.29 is 4.79 Å². The summed E-state index contributed by atoms with van der Waals surface area (Å²) in [7, 11) is 0. The molecule has 2 aliphatic rings. The van der Waals surface area contributed by atoms with Gasteiger partial charge in [-0.15, -0.1) is 24.0 Å². The van der Waals surface area contributed by atoms with Crippen molar-refractivity contribution in [2.45, 2.75) is 45.4 Å². The van der Waals surface area contributed by atoms with Crippen molar-refractivity contribution in [3.8, 4) is 0 Å². The van der Waals surface area contributed by atoms with E-state index in [0.717, 1.165) is 51.1 Å². The van der Waals surface area contributed by atoms with Gasteiger partial charge in [-0.05, 0) is 50.0 Å². The molecule has 6 heteroatoms. The summed E-state index contributed by atoms with van der Waals surface area (Å²) in [4.78, 5) is 20.7. The number of hydrogen-bond donors (Lipinski definition) is 1. The smallest absolute Gasteiger partial charge is 0.219 e. The number of guanidine groups is 1. The highest BCUT2D eigenvalue weighted by Gasteiger charge is 2.24. The fourth-order valence-corrected chi connectivity index (χ4v) is 4.28. The Morgan fingerprint density at radius 1 is 1.04 bits per heavy atom. The first-order valence-electron chi connectivity index (χ1n) is 10.5. The molecule has 0 aromatic heterocycles. The maximum Gasteiger partial charge on any atom is 0.219 e. The molecule has 1 aliphatic carbocycles. The lowest BCUT2D eigenvalue weighted by Crippen LogP contribution is -2.53. The minimum atomic E-state index is 0. The van der Waals surface area contributed by atoms with Gasteiger partial charge in [0.15, 0.2) is 5.96 Å². The third-order valence-corrected chi connectivity index (χ3v) is 5.98. The van der Waals surface area contributed by atoms with E-state index in [-0.39, 0.29) is 29.9 Å². The quantitative estimate of drug-likeness (QED) is 0.391. The number of hydrogen-bond acceptors (Lipinski definition) is 2. The number of rotatable bonds is 4. The van der Waals surface area contributed by atoms with E-state index in [1.165, 1.54) is 31.2 Å². The number of halogens is 1. The molecule has 1 amide bonds. The molecule has 1 aliphatic heterocycles. The number of benzene rings is 1. The summed E-state index contributed by atoms with van der Waals surface area (Å²) < 4.78 is 0. The third-order valence-electron chi connectivity index (χ3n) is 5.98. The van der Waals surface area contributed by atoms with E-state index in [1.54, 1.807) is 6.92 Å². The minimum absolute atomic E-state index is 0. The average Bonchev–Trinajstić information content (AvgIpc) is 2.72. The molecule has 1 N–H and O–H groups in total. The molecule has 156 valence electrons. The Labute approximate surface area is 187 Å². The van der Waals surface area contributed by atoms with Gasteiger partial charge in [0.25, 0.3) is 0 Å². The Morgan fingerprint density at radius 3 is 2.21 bits per heavy atom. The van der Waals surface area contributed by atoms with Crippen molar-refractivity contribution in [2.75, 3.05) is 39.3 Å². The Morgan fingerprint density at radius 2 is 1.64 bits per heavy atom. The number of piperazine rings is 1. The molecule has 28 heavy (non-hydrogen) atoms. The number of aliphatic imine (C=N–C) groups is 1. The van der Waals surface area contributed by atoms with Crippen LogP contribution in [0.4, 0.5) is 0 Å². The maximum absolute atomic E-state index is 11.5. The average molecular weight is 498 g/mol. The number of carbonyl (C=O) groups excluding carboxylic acids is 1. The highest BCUT2D eigenvalue weighted by Crippen LogP contribution is 2.35. The van der Waals surface area contributed by atoms with Gasteiger partial charge in [0.05, 0.1) is 0 Å². The van der Waals surface area contributed by atoms with Gasteiger partial charge in [0, 0.05) is 46.2 Å². The number of amides is 1. The van der Waals surface area contributed by atoms with Crippen LogP contribution in [0.1, 0.15) is 51.0 Å². The SMILES string of the molecule is CCNC(=NCC1CCC(c2ccccc2)CC1)N1CCN(C(C)=O)CC1.I. The van der Waals surface area contributed by atoms with Crippen LogP contribution in [-0.2, 0) is 4.79 Å². The van der Waals surface area contributed by atoms with E-state index in [4.69, 9.17) is 4.99 Å². The van der Waals surface area contributed by atoms with Crippen LogP contribution in [0.5, 0.6) is 0 Å². The topological polar surface area (TPSA) is 47.9 Å². The van der Waals surface area contributed by atoms with Gasteiger partial charge in [-0.1, -0.05) is 30.3 Å². The summed E-state index contributed by atoms with van der Waals surface area (Å²) in [5.74, 6) is 2.61. The summed E-state index contributed by atoms with van der Waals surface area (Å²) >= 11 is 0. The standard InChI is InChI=1S/C22H34N4O.HI/c1-3-23-22(26-15-13-25(14-16-26)18(2)27)24-17-19-9-11-21(12-10-19)20-7-5-4-6-8-20;/h4-8,19,21H,3,9-17H2,1-2H3,(H,23,24);1H. The molecule has 1 heterocycles. The van der Waals surface area contributed by atoms with E-state index in [9.17, 15) is 4.79 Å². The van der Waals surface area contributed by atoms with Crippen molar-refractivity contribution in [1.82, 2.24) is 15.1 Å². The van der Waals surface area contributed by atoms with Crippen LogP contribution >= 0.6 is 24.0 Å². The van der Waals surface area contributed by atoms with Crippen molar-refractivity contribution in [1.29, 1.82) is 0 Å². The maximum atomic E-state index is 11.5. The summed E-state index contributed by atoms with van der Waals surface area (Å²) in [5, 5.41) is 3.44. The summed E-state index contributed by atoms with van der Waals surface area (Å²) in [6, 6.07) is 10.9. The zero-order chi connectivity index (χ0) is 19.1. The van der Waals surface area contributed by atoms with E-state index in [2.05, 4.69) is 47.5 Å². The van der Waals surface area contributed by atoms with Gasteiger partial charge in [0.2, 0.25) is 5.91 Å². The van der Waals surface area contributed by atoms with Gasteiger partial charge in [-0.3, -0.25) is 9.79 Å². The van der Waals surface area contributed by atoms with Gasteiger partial charge in [-0.25, -0.2) is 0 Å². The zero-order valence-electron chi connectivity index (χ0n) is 17.3. The second-order valence-corrected chi connectivity index (χ2v) is 7.82. The van der Waals surface area contributed by atoms with Gasteiger partial charge in [-0.2, -0.15) is 0 Å². The summed E-state index contributed by atoms with van der Waals surface area (Å²) in [6.45, 7) is 8.89. The van der Waals surface area contributed by atoms with Gasteiger partial charge in [0.1, 0.15) is 0 Å². The van der Waals surface area contributed by atoms with Crippen LogP contribution in [0.25, 0.3) is 0 Å². The lowest BCUT2D eigenvalue weighted by atomic mass is 9.79. The second kappa shape index (κ2) is 11.6. The zero-order valence-corrected chi connectivity index (χ0v) is 19.6. The normalized spacial score (nSPS) is 23.1. The first kappa shape index (κ1) is 23.0. The highest BCUT2D eigenvalue weighted by molar-refractivity contribution is 14.0. The summed E-state index contributed by atoms with van der Waals surface area (Å²) in [6.07, 6.45) is 5.08. The van der Waals surface area contributed by atoms with Crippen LogP contribution in [0.2, 0.25) is 0 Å². The van der Waals surface area contributed by atoms with Crippen LogP contribution in [0.15, 0.2) is 35.3 Å². The third kappa shape index (κ3) is 6.36. The highest BCUT2D eigenvalue weighted by atomic mass is 127. The lowest BCUT2D eigenvalue weighted by Gasteiger charge is -2.36. The largest absolute Gasteiger partial charge is 0.357 e. The molecule has 1 aromatic rings. The number of nitrogens with one attached hydrogen (secondary N) is 1. The fourth-order valence-electron chi connectivity index (χ4n) is 4.28. The lowest BCUT2D eigenvalue weighted by molar-refractivity contribution is -0.130. The van der Waals surface area contributed by atoms with Gasteiger partial charge < -0.3 is 15.1 Å². The molecule has 0 bridgehead atoms. The Hall–Kier alpha value is -1.31. The van der Waals surface area contributed by atoms with Crippen molar-refractivity contribution in [2.24, 2.45) is 10.9 Å². The van der Waals surface area contributed by atoms with Crippen molar-refractivity contribution >= 4 is 35.8 Å². The predicted octanol–water partition coefficient (Wildman–Crippen LogP) is 3.71. The fraction of sp³-hybridized carbons (Fsp3) is 0.636. The molecule has 1 aromatic carbocycles. The first-order valence-corrected chi connectivity index (χ1v) is 10.5. The predicted molar refractivity (Wildman–Crippen MR) is 126 cm³/mol. The van der Waals surface area contributed by atoms with E-state index >= 15 is 0 Å². The molecular weight excluding hydrogens is 463 g/mol. The molecule has 1 saturated carbocycles. The molecule has 1 saturated heterocycles. The van der Waals surface area contributed by atoms with E-state index in [1.807, 2.05) is 4.90 Å². The number of nitrogens with zero attached hydrogens (tertiary/aromatic N) is 3. The Kier molecular flexibility index (Phi) is 9.55.